The molecule has 2 aliphatic carbocycles. The summed E-state index contributed by atoms with van der Waals surface area (Å²) in [6.45, 7) is 0. The molecule has 2 saturated carbocycles. The SMILES string of the molecule is NC1CCC(CC(=O)NC2CC2)CC1. The maximum absolute atomic E-state index is 11.5. The van der Waals surface area contributed by atoms with Gasteiger partial charge in [0.1, 0.15) is 0 Å². The molecule has 0 aromatic carbocycles. The van der Waals surface area contributed by atoms with Crippen LogP contribution in [0.5, 0.6) is 0 Å². The highest BCUT2D eigenvalue weighted by atomic mass is 16.1. The third-order valence-corrected chi connectivity index (χ3v) is 3.31. The second kappa shape index (κ2) is 4.30. The van der Waals surface area contributed by atoms with E-state index in [1.807, 2.05) is 0 Å². The van der Waals surface area contributed by atoms with Crippen LogP contribution in [0.3, 0.4) is 0 Å². The fraction of sp³-hybridized carbons (Fsp3) is 0.909. The molecule has 0 heterocycles. The summed E-state index contributed by atoms with van der Waals surface area (Å²) in [5, 5.41) is 3.04. The van der Waals surface area contributed by atoms with Crippen molar-refractivity contribution in [2.24, 2.45) is 11.7 Å². The third kappa shape index (κ3) is 2.98. The highest BCUT2D eigenvalue weighted by molar-refractivity contribution is 5.76. The van der Waals surface area contributed by atoms with Gasteiger partial charge in [0.25, 0.3) is 0 Å². The van der Waals surface area contributed by atoms with Crippen molar-refractivity contribution in [1.29, 1.82) is 0 Å². The van der Waals surface area contributed by atoms with Gasteiger partial charge in [0.15, 0.2) is 0 Å². The molecule has 3 heteroatoms. The van der Waals surface area contributed by atoms with Gasteiger partial charge in [-0.25, -0.2) is 0 Å². The monoisotopic (exact) mass is 196 g/mol. The highest BCUT2D eigenvalue weighted by Gasteiger charge is 2.26. The maximum Gasteiger partial charge on any atom is 0.220 e. The Labute approximate surface area is 85.4 Å². The molecule has 0 aromatic rings. The Morgan fingerprint density at radius 3 is 2.36 bits per heavy atom. The first-order chi connectivity index (χ1) is 6.74. The van der Waals surface area contributed by atoms with Crippen LogP contribution in [-0.4, -0.2) is 18.0 Å². The van der Waals surface area contributed by atoms with E-state index in [0.717, 1.165) is 32.1 Å². The van der Waals surface area contributed by atoms with Crippen molar-refractivity contribution in [1.82, 2.24) is 5.32 Å². The summed E-state index contributed by atoms with van der Waals surface area (Å²) in [6, 6.07) is 0.895. The summed E-state index contributed by atoms with van der Waals surface area (Å²) in [5.41, 5.74) is 5.82. The van der Waals surface area contributed by atoms with Crippen molar-refractivity contribution in [2.75, 3.05) is 0 Å². The molecule has 0 spiro atoms. The van der Waals surface area contributed by atoms with E-state index in [1.165, 1.54) is 12.8 Å². The second-order valence-corrected chi connectivity index (χ2v) is 4.83. The molecule has 2 rings (SSSR count). The molecule has 3 nitrogen and oxygen atoms in total. The molecular weight excluding hydrogens is 176 g/mol. The first-order valence-corrected chi connectivity index (χ1v) is 5.79. The molecule has 0 radical (unpaired) electrons. The molecule has 2 fully saturated rings. The molecule has 0 aliphatic heterocycles. The average Bonchev–Trinajstić information content (AvgIpc) is 2.93. The molecule has 0 saturated heterocycles. The van der Waals surface area contributed by atoms with Gasteiger partial charge in [0.05, 0.1) is 0 Å². The van der Waals surface area contributed by atoms with Crippen LogP contribution in [0.15, 0.2) is 0 Å². The van der Waals surface area contributed by atoms with Gasteiger partial charge in [-0.15, -0.1) is 0 Å². The molecule has 2 aliphatic rings. The van der Waals surface area contributed by atoms with E-state index in [1.54, 1.807) is 0 Å². The van der Waals surface area contributed by atoms with Crippen LogP contribution in [0.25, 0.3) is 0 Å². The number of carbonyl (C=O) groups excluding carboxylic acids is 1. The number of hydrogen-bond donors (Lipinski definition) is 2. The fourth-order valence-corrected chi connectivity index (χ4v) is 2.17. The van der Waals surface area contributed by atoms with Gasteiger partial charge in [-0.3, -0.25) is 4.79 Å². The Balaban J connectivity index is 1.66. The Hall–Kier alpha value is -0.570. The lowest BCUT2D eigenvalue weighted by molar-refractivity contribution is -0.122. The largest absolute Gasteiger partial charge is 0.353 e. The van der Waals surface area contributed by atoms with Gasteiger partial charge < -0.3 is 11.1 Å². The predicted molar refractivity (Wildman–Crippen MR) is 55.7 cm³/mol. The van der Waals surface area contributed by atoms with E-state index in [-0.39, 0.29) is 5.91 Å². The Morgan fingerprint density at radius 1 is 1.14 bits per heavy atom. The molecule has 0 unspecified atom stereocenters. The van der Waals surface area contributed by atoms with E-state index in [0.29, 0.717) is 18.0 Å². The van der Waals surface area contributed by atoms with E-state index >= 15 is 0 Å². The predicted octanol–water partition coefficient (Wildman–Crippen LogP) is 1.17. The standard InChI is InChI=1S/C11H20N2O/c12-9-3-1-8(2-4-9)7-11(14)13-10-5-6-10/h8-10H,1-7,12H2,(H,13,14). The van der Waals surface area contributed by atoms with E-state index in [4.69, 9.17) is 5.73 Å². The quantitative estimate of drug-likeness (QED) is 0.712. The number of hydrogen-bond acceptors (Lipinski definition) is 2. The zero-order valence-corrected chi connectivity index (χ0v) is 8.67. The lowest BCUT2D eigenvalue weighted by Gasteiger charge is -2.25. The van der Waals surface area contributed by atoms with Crippen molar-refractivity contribution in [3.05, 3.63) is 0 Å². The van der Waals surface area contributed by atoms with E-state index in [2.05, 4.69) is 5.32 Å². The van der Waals surface area contributed by atoms with Gasteiger partial charge in [-0.05, 0) is 44.4 Å². The van der Waals surface area contributed by atoms with Crippen LogP contribution in [-0.2, 0) is 4.79 Å². The van der Waals surface area contributed by atoms with Gasteiger partial charge in [0.2, 0.25) is 5.91 Å². The van der Waals surface area contributed by atoms with E-state index in [9.17, 15) is 4.79 Å². The minimum Gasteiger partial charge on any atom is -0.353 e. The first kappa shape index (κ1) is 9.97. The molecule has 0 aromatic heterocycles. The normalized spacial score (nSPS) is 32.6. The highest BCUT2D eigenvalue weighted by Crippen LogP contribution is 2.26. The summed E-state index contributed by atoms with van der Waals surface area (Å²) in [6.07, 6.45) is 7.56. The minimum atomic E-state index is 0.257. The van der Waals surface area contributed by atoms with Crippen molar-refractivity contribution < 1.29 is 4.79 Å². The summed E-state index contributed by atoms with van der Waals surface area (Å²) in [4.78, 5) is 11.5. The summed E-state index contributed by atoms with van der Waals surface area (Å²) in [5.74, 6) is 0.849. The molecule has 3 N–H and O–H groups in total. The van der Waals surface area contributed by atoms with Gasteiger partial charge in [-0.1, -0.05) is 0 Å². The number of amides is 1. The number of nitrogens with two attached hydrogens (primary N) is 1. The first-order valence-electron chi connectivity index (χ1n) is 5.79. The smallest absolute Gasteiger partial charge is 0.220 e. The zero-order chi connectivity index (χ0) is 9.97. The average molecular weight is 196 g/mol. The molecule has 80 valence electrons. The summed E-state index contributed by atoms with van der Waals surface area (Å²) >= 11 is 0. The fourth-order valence-electron chi connectivity index (χ4n) is 2.17. The summed E-state index contributed by atoms with van der Waals surface area (Å²) in [7, 11) is 0. The van der Waals surface area contributed by atoms with E-state index < -0.39 is 0 Å². The van der Waals surface area contributed by atoms with Crippen molar-refractivity contribution in [3.8, 4) is 0 Å². The number of carbonyl (C=O) groups is 1. The summed E-state index contributed by atoms with van der Waals surface area (Å²) < 4.78 is 0. The van der Waals surface area contributed by atoms with Gasteiger partial charge in [0, 0.05) is 18.5 Å². The Bertz CT molecular complexity index is 205. The second-order valence-electron chi connectivity index (χ2n) is 4.83. The van der Waals surface area contributed by atoms with Crippen LogP contribution in [0.1, 0.15) is 44.9 Å². The molecule has 14 heavy (non-hydrogen) atoms. The number of rotatable bonds is 3. The van der Waals surface area contributed by atoms with Crippen LogP contribution in [0, 0.1) is 5.92 Å². The lowest BCUT2D eigenvalue weighted by Crippen LogP contribution is -2.31. The van der Waals surface area contributed by atoms with Crippen molar-refractivity contribution in [3.63, 3.8) is 0 Å². The lowest BCUT2D eigenvalue weighted by atomic mass is 9.84. The van der Waals surface area contributed by atoms with Crippen molar-refractivity contribution >= 4 is 5.91 Å². The third-order valence-electron chi connectivity index (χ3n) is 3.31. The topological polar surface area (TPSA) is 55.1 Å². The van der Waals surface area contributed by atoms with Gasteiger partial charge >= 0.3 is 0 Å². The van der Waals surface area contributed by atoms with Crippen LogP contribution in [0.2, 0.25) is 0 Å². The molecule has 0 atom stereocenters. The van der Waals surface area contributed by atoms with Crippen molar-refractivity contribution in [2.45, 2.75) is 57.0 Å². The molecule has 1 amide bonds. The van der Waals surface area contributed by atoms with Crippen LogP contribution < -0.4 is 11.1 Å². The number of nitrogens with one attached hydrogen (secondary N) is 1. The zero-order valence-electron chi connectivity index (χ0n) is 8.67. The van der Waals surface area contributed by atoms with Crippen LogP contribution >= 0.6 is 0 Å². The minimum absolute atomic E-state index is 0.257. The Kier molecular flexibility index (Phi) is 3.06. The van der Waals surface area contributed by atoms with Crippen LogP contribution in [0.4, 0.5) is 0 Å². The molecule has 0 bridgehead atoms. The Morgan fingerprint density at radius 2 is 1.79 bits per heavy atom. The van der Waals surface area contributed by atoms with Gasteiger partial charge in [-0.2, -0.15) is 0 Å². The molecular formula is C11H20N2O. The maximum atomic E-state index is 11.5.